The van der Waals surface area contributed by atoms with Gasteiger partial charge in [-0.25, -0.2) is 0 Å². The van der Waals surface area contributed by atoms with Crippen LogP contribution in [0, 0.1) is 5.92 Å². The molecule has 4 nitrogen and oxygen atoms in total. The molecule has 0 aromatic heterocycles. The second-order valence-electron chi connectivity index (χ2n) is 4.04. The van der Waals surface area contributed by atoms with Gasteiger partial charge in [-0.2, -0.15) is 0 Å². The fourth-order valence-electron chi connectivity index (χ4n) is 2.79. The molecule has 13 heavy (non-hydrogen) atoms. The third kappa shape index (κ3) is 1.00. The normalized spacial score (nSPS) is 47.8. The van der Waals surface area contributed by atoms with E-state index in [1.54, 1.807) is 0 Å². The van der Waals surface area contributed by atoms with Gasteiger partial charge in [-0.3, -0.25) is 0 Å². The molecule has 1 aliphatic heterocycles. The molecule has 0 aromatic carbocycles. The molecule has 76 valence electrons. The lowest BCUT2D eigenvalue weighted by Gasteiger charge is -2.15. The van der Waals surface area contributed by atoms with Crippen LogP contribution in [-0.4, -0.2) is 46.3 Å². The van der Waals surface area contributed by atoms with Gasteiger partial charge in [0.2, 0.25) is 0 Å². The smallest absolute Gasteiger partial charge is 0.126 e. The number of hydrogen-bond donors (Lipinski definition) is 3. The summed E-state index contributed by atoms with van der Waals surface area (Å²) < 4.78 is 5.55. The summed E-state index contributed by atoms with van der Waals surface area (Å²) in [6.45, 7) is 0.103. The number of fused-ring (bicyclic) bond motifs is 1. The minimum atomic E-state index is -0.537. The number of aliphatic hydroxyl groups excluding tert-OH is 3. The second kappa shape index (κ2) is 2.92. The Morgan fingerprint density at radius 1 is 1.31 bits per heavy atom. The van der Waals surface area contributed by atoms with Crippen LogP contribution in [0.5, 0.6) is 0 Å². The van der Waals surface area contributed by atoms with Crippen LogP contribution in [0.3, 0.4) is 0 Å². The van der Waals surface area contributed by atoms with E-state index in [1.165, 1.54) is 0 Å². The maximum Gasteiger partial charge on any atom is 0.126 e. The summed E-state index contributed by atoms with van der Waals surface area (Å²) >= 11 is 0. The fourth-order valence-corrected chi connectivity index (χ4v) is 2.79. The Labute approximate surface area is 77.1 Å². The average molecular weight is 188 g/mol. The number of epoxide rings is 1. The number of aliphatic hydroxyl groups is 3. The van der Waals surface area contributed by atoms with Gasteiger partial charge in [0.1, 0.15) is 11.2 Å². The minimum absolute atomic E-state index is 0.0434. The molecule has 0 radical (unpaired) electrons. The lowest BCUT2D eigenvalue weighted by molar-refractivity contribution is 0.0716. The quantitative estimate of drug-likeness (QED) is 0.509. The van der Waals surface area contributed by atoms with Crippen LogP contribution in [0.1, 0.15) is 19.3 Å². The Morgan fingerprint density at radius 3 is 2.62 bits per heavy atom. The first-order valence-electron chi connectivity index (χ1n) is 4.77. The first-order chi connectivity index (χ1) is 6.24. The van der Waals surface area contributed by atoms with Gasteiger partial charge in [0.05, 0.1) is 6.61 Å². The van der Waals surface area contributed by atoms with E-state index in [1.807, 2.05) is 0 Å². The lowest BCUT2D eigenvalue weighted by Crippen LogP contribution is -2.33. The molecule has 2 rings (SSSR count). The summed E-state index contributed by atoms with van der Waals surface area (Å²) in [5.41, 5.74) is -0.867. The molecule has 3 atom stereocenters. The summed E-state index contributed by atoms with van der Waals surface area (Å²) in [5, 5.41) is 27.2. The maximum atomic E-state index is 9.24. The predicted octanol–water partition coefficient (Wildman–Crippen LogP) is -0.729. The molecule has 1 saturated heterocycles. The van der Waals surface area contributed by atoms with Crippen molar-refractivity contribution >= 4 is 0 Å². The fraction of sp³-hybridized carbons (Fsp3) is 1.00. The van der Waals surface area contributed by atoms with E-state index >= 15 is 0 Å². The summed E-state index contributed by atoms with van der Waals surface area (Å²) in [4.78, 5) is 0. The molecule has 0 aromatic rings. The first kappa shape index (κ1) is 9.40. The van der Waals surface area contributed by atoms with Crippen molar-refractivity contribution < 1.29 is 20.1 Å². The Bertz CT molecular complexity index is 208. The molecule has 4 heteroatoms. The zero-order valence-electron chi connectivity index (χ0n) is 7.57. The SMILES string of the molecule is OCCC12CCC(CO)C1(CO)O2. The van der Waals surface area contributed by atoms with Crippen molar-refractivity contribution in [3.63, 3.8) is 0 Å². The van der Waals surface area contributed by atoms with E-state index in [0.29, 0.717) is 6.42 Å². The molecule has 0 amide bonds. The molecule has 1 heterocycles. The monoisotopic (exact) mass is 188 g/mol. The molecule has 1 aliphatic carbocycles. The Hall–Kier alpha value is -0.160. The number of hydrogen-bond acceptors (Lipinski definition) is 4. The van der Waals surface area contributed by atoms with Gasteiger partial charge in [-0.1, -0.05) is 0 Å². The van der Waals surface area contributed by atoms with Crippen LogP contribution in [0.4, 0.5) is 0 Å². The van der Waals surface area contributed by atoms with E-state index in [0.717, 1.165) is 12.8 Å². The third-order valence-electron chi connectivity index (χ3n) is 3.63. The Morgan fingerprint density at radius 2 is 2.08 bits per heavy atom. The third-order valence-corrected chi connectivity index (χ3v) is 3.63. The molecule has 2 aliphatic rings. The van der Waals surface area contributed by atoms with Gasteiger partial charge in [-0.05, 0) is 12.8 Å². The summed E-state index contributed by atoms with van der Waals surface area (Å²) in [5.74, 6) is 0.0454. The molecule has 3 N–H and O–H groups in total. The lowest BCUT2D eigenvalue weighted by atomic mass is 9.89. The minimum Gasteiger partial charge on any atom is -0.396 e. The highest BCUT2D eigenvalue weighted by molar-refractivity contribution is 5.23. The van der Waals surface area contributed by atoms with Crippen LogP contribution in [0.2, 0.25) is 0 Å². The van der Waals surface area contributed by atoms with Gasteiger partial charge in [0.25, 0.3) is 0 Å². The molecule has 2 fully saturated rings. The van der Waals surface area contributed by atoms with Crippen molar-refractivity contribution in [2.24, 2.45) is 5.92 Å². The van der Waals surface area contributed by atoms with Crippen LogP contribution in [0.15, 0.2) is 0 Å². The van der Waals surface area contributed by atoms with E-state index in [2.05, 4.69) is 0 Å². The Kier molecular flexibility index (Phi) is 2.11. The highest BCUT2D eigenvalue weighted by atomic mass is 16.6. The molecular weight excluding hydrogens is 172 g/mol. The average Bonchev–Trinajstić information content (AvgIpc) is 2.69. The summed E-state index contributed by atoms with van der Waals surface area (Å²) in [7, 11) is 0. The van der Waals surface area contributed by atoms with Gasteiger partial charge in [-0.15, -0.1) is 0 Å². The maximum absolute atomic E-state index is 9.24. The van der Waals surface area contributed by atoms with Gasteiger partial charge in [0, 0.05) is 25.6 Å². The van der Waals surface area contributed by atoms with E-state index in [9.17, 15) is 5.11 Å². The molecule has 3 unspecified atom stereocenters. The standard InChI is InChI=1S/C9H16O4/c10-4-3-8-2-1-7(5-11)9(8,6-12)13-8/h7,10-12H,1-6H2. The Balaban J connectivity index is 2.12. The molecule has 1 saturated carbocycles. The molecule has 0 spiro atoms. The van der Waals surface area contributed by atoms with Crippen LogP contribution in [-0.2, 0) is 4.74 Å². The van der Waals surface area contributed by atoms with E-state index < -0.39 is 5.60 Å². The van der Waals surface area contributed by atoms with Crippen LogP contribution in [0.25, 0.3) is 0 Å². The van der Waals surface area contributed by atoms with Crippen molar-refractivity contribution in [3.8, 4) is 0 Å². The largest absolute Gasteiger partial charge is 0.396 e. The predicted molar refractivity (Wildman–Crippen MR) is 45.1 cm³/mol. The van der Waals surface area contributed by atoms with Crippen molar-refractivity contribution in [2.75, 3.05) is 19.8 Å². The van der Waals surface area contributed by atoms with E-state index in [4.69, 9.17) is 14.9 Å². The van der Waals surface area contributed by atoms with Crippen molar-refractivity contribution in [2.45, 2.75) is 30.5 Å². The highest BCUT2D eigenvalue weighted by Crippen LogP contribution is 2.63. The zero-order chi connectivity index (χ0) is 9.53. The number of rotatable bonds is 4. The van der Waals surface area contributed by atoms with Crippen molar-refractivity contribution in [1.29, 1.82) is 0 Å². The summed E-state index contributed by atoms with van der Waals surface area (Å²) in [6, 6.07) is 0. The first-order valence-corrected chi connectivity index (χ1v) is 4.77. The molecular formula is C9H16O4. The molecule has 0 bridgehead atoms. The highest BCUT2D eigenvalue weighted by Gasteiger charge is 2.75. The van der Waals surface area contributed by atoms with Gasteiger partial charge >= 0.3 is 0 Å². The number of ether oxygens (including phenoxy) is 1. The second-order valence-corrected chi connectivity index (χ2v) is 4.04. The van der Waals surface area contributed by atoms with Gasteiger partial charge in [0.15, 0.2) is 0 Å². The van der Waals surface area contributed by atoms with Crippen LogP contribution >= 0.6 is 0 Å². The van der Waals surface area contributed by atoms with Crippen molar-refractivity contribution in [1.82, 2.24) is 0 Å². The summed E-state index contributed by atoms with van der Waals surface area (Å²) in [6.07, 6.45) is 2.31. The topological polar surface area (TPSA) is 73.2 Å². The zero-order valence-corrected chi connectivity index (χ0v) is 7.57. The van der Waals surface area contributed by atoms with E-state index in [-0.39, 0.29) is 31.3 Å². The van der Waals surface area contributed by atoms with Crippen LogP contribution < -0.4 is 0 Å². The van der Waals surface area contributed by atoms with Gasteiger partial charge < -0.3 is 20.1 Å². The van der Waals surface area contributed by atoms with Crippen molar-refractivity contribution in [3.05, 3.63) is 0 Å².